The summed E-state index contributed by atoms with van der Waals surface area (Å²) in [6.07, 6.45) is 2.44. The summed E-state index contributed by atoms with van der Waals surface area (Å²) >= 11 is 5.99. The Morgan fingerprint density at radius 2 is 2.15 bits per heavy atom. The van der Waals surface area contributed by atoms with Gasteiger partial charge in [-0.3, -0.25) is 0 Å². The van der Waals surface area contributed by atoms with Gasteiger partial charge < -0.3 is 0 Å². The van der Waals surface area contributed by atoms with Crippen molar-refractivity contribution in [2.24, 2.45) is 0 Å². The van der Waals surface area contributed by atoms with Gasteiger partial charge in [-0.15, -0.1) is 0 Å². The molecule has 1 aromatic carbocycles. The zero-order valence-corrected chi connectivity index (χ0v) is 8.04. The van der Waals surface area contributed by atoms with Crippen molar-refractivity contribution < 1.29 is 0 Å². The van der Waals surface area contributed by atoms with Crippen LogP contribution in [-0.4, -0.2) is 9.97 Å². The average Bonchev–Trinajstić information content (AvgIpc) is 2.17. The Labute approximate surface area is 81.6 Å². The number of fused-ring (bicyclic) bond motifs is 1. The lowest BCUT2D eigenvalue weighted by molar-refractivity contribution is 1.14. The molecule has 0 N–H and O–H groups in total. The van der Waals surface area contributed by atoms with Gasteiger partial charge in [-0.25, -0.2) is 9.97 Å². The van der Waals surface area contributed by atoms with Gasteiger partial charge in [-0.1, -0.05) is 30.7 Å². The molecule has 66 valence electrons. The number of aryl methyl sites for hydroxylation is 1. The summed E-state index contributed by atoms with van der Waals surface area (Å²) in [4.78, 5) is 8.13. The van der Waals surface area contributed by atoms with E-state index >= 15 is 0 Å². The van der Waals surface area contributed by atoms with Crippen molar-refractivity contribution in [3.05, 3.63) is 35.2 Å². The highest BCUT2D eigenvalue weighted by molar-refractivity contribution is 6.34. The summed E-state index contributed by atoms with van der Waals surface area (Å²) < 4.78 is 0. The van der Waals surface area contributed by atoms with E-state index < -0.39 is 0 Å². The molecule has 2 aromatic rings. The topological polar surface area (TPSA) is 25.8 Å². The van der Waals surface area contributed by atoms with Crippen molar-refractivity contribution >= 4 is 22.5 Å². The van der Waals surface area contributed by atoms with Crippen molar-refractivity contribution in [2.75, 3.05) is 0 Å². The molecular weight excluding hydrogens is 184 g/mol. The van der Waals surface area contributed by atoms with Crippen molar-refractivity contribution in [1.82, 2.24) is 9.97 Å². The smallest absolute Gasteiger partial charge is 0.140 e. The zero-order valence-electron chi connectivity index (χ0n) is 7.29. The first-order valence-corrected chi connectivity index (χ1v) is 4.59. The predicted molar refractivity (Wildman–Crippen MR) is 53.9 cm³/mol. The molecule has 0 amide bonds. The van der Waals surface area contributed by atoms with Crippen LogP contribution >= 0.6 is 11.6 Å². The number of hydrogen-bond acceptors (Lipinski definition) is 2. The average molecular weight is 193 g/mol. The Kier molecular flexibility index (Phi) is 2.15. The molecule has 0 bridgehead atoms. The summed E-state index contributed by atoms with van der Waals surface area (Å²) in [6, 6.07) is 5.99. The molecule has 0 atom stereocenters. The lowest BCUT2D eigenvalue weighted by Crippen LogP contribution is -1.88. The quantitative estimate of drug-likeness (QED) is 0.650. The third-order valence-electron chi connectivity index (χ3n) is 2.08. The molecule has 13 heavy (non-hydrogen) atoms. The number of halogens is 1. The molecule has 2 nitrogen and oxygen atoms in total. The van der Waals surface area contributed by atoms with E-state index in [1.165, 1.54) is 11.9 Å². The van der Waals surface area contributed by atoms with Crippen LogP contribution in [0.2, 0.25) is 5.15 Å². The summed E-state index contributed by atoms with van der Waals surface area (Å²) in [5.41, 5.74) is 2.11. The van der Waals surface area contributed by atoms with Gasteiger partial charge in [0.1, 0.15) is 11.5 Å². The monoisotopic (exact) mass is 192 g/mol. The number of rotatable bonds is 1. The predicted octanol–water partition coefficient (Wildman–Crippen LogP) is 2.85. The molecule has 1 aromatic heterocycles. The lowest BCUT2D eigenvalue weighted by atomic mass is 10.1. The van der Waals surface area contributed by atoms with E-state index in [9.17, 15) is 0 Å². The van der Waals surface area contributed by atoms with Crippen LogP contribution in [0, 0.1) is 0 Å². The summed E-state index contributed by atoms with van der Waals surface area (Å²) in [5.74, 6) is 0. The first-order valence-electron chi connectivity index (χ1n) is 4.21. The van der Waals surface area contributed by atoms with Gasteiger partial charge in [0, 0.05) is 5.39 Å². The number of benzene rings is 1. The highest BCUT2D eigenvalue weighted by atomic mass is 35.5. The maximum absolute atomic E-state index is 5.99. The van der Waals surface area contributed by atoms with E-state index in [-0.39, 0.29) is 0 Å². The van der Waals surface area contributed by atoms with Gasteiger partial charge in [0.05, 0.1) is 5.52 Å². The Morgan fingerprint density at radius 1 is 1.31 bits per heavy atom. The fourth-order valence-corrected chi connectivity index (χ4v) is 1.70. The normalized spacial score (nSPS) is 10.6. The Hall–Kier alpha value is -1.15. The molecule has 2 rings (SSSR count). The van der Waals surface area contributed by atoms with Gasteiger partial charge in [0.2, 0.25) is 0 Å². The zero-order chi connectivity index (χ0) is 9.26. The second-order valence-corrected chi connectivity index (χ2v) is 3.19. The Balaban J connectivity index is 2.87. The van der Waals surface area contributed by atoms with Crippen molar-refractivity contribution in [3.63, 3.8) is 0 Å². The van der Waals surface area contributed by atoms with Gasteiger partial charge in [0.15, 0.2) is 0 Å². The van der Waals surface area contributed by atoms with E-state index in [0.717, 1.165) is 17.3 Å². The van der Waals surface area contributed by atoms with Gasteiger partial charge in [-0.05, 0) is 18.1 Å². The molecule has 0 saturated carbocycles. The van der Waals surface area contributed by atoms with Crippen LogP contribution in [0.25, 0.3) is 10.9 Å². The number of aromatic nitrogens is 2. The van der Waals surface area contributed by atoms with Gasteiger partial charge >= 0.3 is 0 Å². The molecule has 0 radical (unpaired) electrons. The Morgan fingerprint density at radius 3 is 2.92 bits per heavy atom. The fraction of sp³-hybridized carbons (Fsp3) is 0.200. The van der Waals surface area contributed by atoms with E-state index in [1.807, 2.05) is 12.1 Å². The third kappa shape index (κ3) is 1.38. The maximum Gasteiger partial charge on any atom is 0.140 e. The minimum Gasteiger partial charge on any atom is -0.236 e. The van der Waals surface area contributed by atoms with Crippen LogP contribution in [0.3, 0.4) is 0 Å². The van der Waals surface area contributed by atoms with Crippen LogP contribution in [0.1, 0.15) is 12.5 Å². The molecule has 0 unspecified atom stereocenters. The van der Waals surface area contributed by atoms with Crippen molar-refractivity contribution in [1.29, 1.82) is 0 Å². The first kappa shape index (κ1) is 8.45. The van der Waals surface area contributed by atoms with Crippen LogP contribution in [0.4, 0.5) is 0 Å². The second-order valence-electron chi connectivity index (χ2n) is 2.83. The fourth-order valence-electron chi connectivity index (χ4n) is 1.43. The van der Waals surface area contributed by atoms with Crippen LogP contribution in [0.15, 0.2) is 24.5 Å². The molecule has 0 aliphatic heterocycles. The molecular formula is C10H9ClN2. The van der Waals surface area contributed by atoms with E-state index in [4.69, 9.17) is 11.6 Å². The molecule has 0 fully saturated rings. The van der Waals surface area contributed by atoms with Crippen LogP contribution < -0.4 is 0 Å². The lowest BCUT2D eigenvalue weighted by Gasteiger charge is -2.03. The van der Waals surface area contributed by atoms with Crippen LogP contribution in [-0.2, 0) is 6.42 Å². The highest BCUT2D eigenvalue weighted by Gasteiger charge is 2.04. The molecule has 0 saturated heterocycles. The molecule has 0 aliphatic rings. The van der Waals surface area contributed by atoms with E-state index in [1.54, 1.807) is 0 Å². The third-order valence-corrected chi connectivity index (χ3v) is 2.37. The minimum atomic E-state index is 0.544. The summed E-state index contributed by atoms with van der Waals surface area (Å²) in [5, 5.41) is 1.52. The molecule has 3 heteroatoms. The number of hydrogen-bond donors (Lipinski definition) is 0. The highest BCUT2D eigenvalue weighted by Crippen LogP contribution is 2.23. The van der Waals surface area contributed by atoms with Gasteiger partial charge in [0.25, 0.3) is 0 Å². The second kappa shape index (κ2) is 3.30. The molecule has 0 spiro atoms. The minimum absolute atomic E-state index is 0.544. The first-order chi connectivity index (χ1) is 6.33. The Bertz CT molecular complexity index is 435. The maximum atomic E-state index is 5.99. The van der Waals surface area contributed by atoms with Crippen LogP contribution in [0.5, 0.6) is 0 Å². The molecule has 1 heterocycles. The molecule has 0 aliphatic carbocycles. The standard InChI is InChI=1S/C10H9ClN2/c1-2-7-4-3-5-8-9(7)10(11)13-6-12-8/h3-6H,2H2,1H3. The summed E-state index contributed by atoms with van der Waals surface area (Å²) in [7, 11) is 0. The van der Waals surface area contributed by atoms with Crippen molar-refractivity contribution in [3.8, 4) is 0 Å². The van der Waals surface area contributed by atoms with E-state index in [2.05, 4.69) is 23.0 Å². The van der Waals surface area contributed by atoms with E-state index in [0.29, 0.717) is 5.15 Å². The SMILES string of the molecule is CCc1cccc2ncnc(Cl)c12. The van der Waals surface area contributed by atoms with Gasteiger partial charge in [-0.2, -0.15) is 0 Å². The largest absolute Gasteiger partial charge is 0.236 e. The van der Waals surface area contributed by atoms with Crippen molar-refractivity contribution in [2.45, 2.75) is 13.3 Å². The summed E-state index contributed by atoms with van der Waals surface area (Å²) in [6.45, 7) is 2.10. The number of nitrogens with zero attached hydrogens (tertiary/aromatic N) is 2.